The summed E-state index contributed by atoms with van der Waals surface area (Å²) in [7, 11) is 0. The third-order valence-corrected chi connectivity index (χ3v) is 12.2. The molecule has 4 bridgehead atoms. The monoisotopic (exact) mass is 638 g/mol. The van der Waals surface area contributed by atoms with Crippen LogP contribution in [0.1, 0.15) is 33.6 Å². The zero-order valence-corrected chi connectivity index (χ0v) is 27.2. The molecule has 5 aliphatic carbocycles. The molecule has 2 aliphatic heterocycles. The highest BCUT2D eigenvalue weighted by Crippen LogP contribution is 2.53. The highest BCUT2D eigenvalue weighted by atomic mass is 16.5. The van der Waals surface area contributed by atoms with Crippen LogP contribution in [0.3, 0.4) is 0 Å². The van der Waals surface area contributed by atoms with Crippen molar-refractivity contribution in [2.45, 2.75) is 12.8 Å². The lowest BCUT2D eigenvalue weighted by molar-refractivity contribution is 0.0532. The van der Waals surface area contributed by atoms with E-state index in [1.807, 2.05) is 60.7 Å². The molecule has 2 aromatic carbocycles. The summed E-state index contributed by atoms with van der Waals surface area (Å²) in [6, 6.07) is 15.7. The number of hydrogen-bond donors (Lipinski definition) is 0. The molecule has 0 N–H and O–H groups in total. The fraction of sp³-hybridized carbons (Fsp3) is 0.381. The van der Waals surface area contributed by atoms with Crippen LogP contribution in [0.4, 0.5) is 11.4 Å². The highest BCUT2D eigenvalue weighted by molar-refractivity contribution is 5.90. The van der Waals surface area contributed by atoms with Crippen LogP contribution in [0.25, 0.3) is 0 Å². The number of hydrogen-bond acceptors (Lipinski definition) is 6. The highest BCUT2D eigenvalue weighted by Gasteiger charge is 2.50. The predicted octanol–water partition coefficient (Wildman–Crippen LogP) is 7.20. The van der Waals surface area contributed by atoms with Crippen molar-refractivity contribution < 1.29 is 19.1 Å². The molecule has 2 heterocycles. The van der Waals surface area contributed by atoms with Crippen LogP contribution >= 0.6 is 0 Å². The van der Waals surface area contributed by atoms with Crippen molar-refractivity contribution in [3.8, 4) is 0 Å². The Morgan fingerprint density at radius 1 is 0.542 bits per heavy atom. The summed E-state index contributed by atoms with van der Waals surface area (Å²) in [6.45, 7) is 4.74. The van der Waals surface area contributed by atoms with Gasteiger partial charge in [-0.2, -0.15) is 0 Å². The van der Waals surface area contributed by atoms with Gasteiger partial charge in [0.05, 0.1) is 11.1 Å². The molecule has 0 spiro atoms. The smallest absolute Gasteiger partial charge is 0.338 e. The van der Waals surface area contributed by atoms with Gasteiger partial charge in [-0.05, 0) is 120 Å². The van der Waals surface area contributed by atoms with E-state index in [9.17, 15) is 9.59 Å². The number of fused-ring (bicyclic) bond motifs is 10. The standard InChI is InChI=1S/C42H42N2O4/c45-41(29-11-15-35(16-12-29)43-21-37-31-7-8-32(19-31)38(37)22-43)47-25-27-3-1-2-4-28(6-5-27)26-48-42(46)30-13-17-36(18-14-30)44-23-39-33-9-10-34(20-33)40(39)24-44/h1-18,31-34,37-40H,19-26H2/b2-1?,3-1-,4-2-,6-5?,27-3?,27-5+,28-4?,28-6+/t31-,32+,33-,34+,37-,38+,39-,40+. The van der Waals surface area contributed by atoms with E-state index in [2.05, 4.69) is 58.4 Å². The van der Waals surface area contributed by atoms with Gasteiger partial charge in [-0.1, -0.05) is 60.8 Å². The maximum absolute atomic E-state index is 12.9. The van der Waals surface area contributed by atoms with Crippen LogP contribution in [0.2, 0.25) is 0 Å². The molecule has 0 radical (unpaired) electrons. The van der Waals surface area contributed by atoms with Crippen LogP contribution < -0.4 is 9.80 Å². The first-order chi connectivity index (χ1) is 23.6. The number of rotatable bonds is 8. The minimum Gasteiger partial charge on any atom is -0.457 e. The summed E-state index contributed by atoms with van der Waals surface area (Å²) >= 11 is 0. The molecule has 0 amide bonds. The Morgan fingerprint density at radius 2 is 0.896 bits per heavy atom. The van der Waals surface area contributed by atoms with Crippen molar-refractivity contribution in [2.75, 3.05) is 49.2 Å². The summed E-state index contributed by atoms with van der Waals surface area (Å²) in [6.07, 6.45) is 23.9. The van der Waals surface area contributed by atoms with E-state index in [-0.39, 0.29) is 25.2 Å². The molecule has 244 valence electrons. The van der Waals surface area contributed by atoms with Gasteiger partial charge in [0.15, 0.2) is 0 Å². The number of carbonyl (C=O) groups is 2. The minimum atomic E-state index is -0.338. The van der Waals surface area contributed by atoms with Crippen LogP contribution in [0.5, 0.6) is 0 Å². The molecular formula is C42H42N2O4. The topological polar surface area (TPSA) is 59.1 Å². The molecule has 6 nitrogen and oxygen atoms in total. The van der Waals surface area contributed by atoms with Crippen LogP contribution in [0.15, 0.2) is 120 Å². The summed E-state index contributed by atoms with van der Waals surface area (Å²) in [5.74, 6) is 5.43. The predicted molar refractivity (Wildman–Crippen MR) is 188 cm³/mol. The number of nitrogens with zero attached hydrogens (tertiary/aromatic N) is 2. The largest absolute Gasteiger partial charge is 0.457 e. The molecule has 48 heavy (non-hydrogen) atoms. The Balaban J connectivity index is 0.755. The average Bonchev–Trinajstić information content (AvgIpc) is 3.95. The lowest BCUT2D eigenvalue weighted by atomic mass is 9.86. The molecular weight excluding hydrogens is 596 g/mol. The maximum atomic E-state index is 12.9. The molecule has 2 saturated heterocycles. The van der Waals surface area contributed by atoms with Crippen molar-refractivity contribution in [1.29, 1.82) is 0 Å². The van der Waals surface area contributed by atoms with E-state index in [4.69, 9.17) is 9.47 Å². The number of anilines is 2. The molecule has 0 aromatic heterocycles. The normalized spacial score (nSPS) is 35.3. The maximum Gasteiger partial charge on any atom is 0.338 e. The second kappa shape index (κ2) is 12.1. The zero-order chi connectivity index (χ0) is 32.2. The van der Waals surface area contributed by atoms with Gasteiger partial charge in [-0.3, -0.25) is 0 Å². The SMILES string of the molecule is O=C(OCC1=C/C=C(COC(=O)c2ccc(N3C[C@@H]4[C@H](C3)[C@@H]3C=C[C@H]4C3)cc2)\C=C/C=C\1)c1ccc(N2C[C@@H]3[C@H](C2)[C@@H]2C=C[C@H]3C2)cc1. The second-order valence-electron chi connectivity index (χ2n) is 14.8. The summed E-state index contributed by atoms with van der Waals surface area (Å²) in [5.41, 5.74) is 5.18. The first-order valence-corrected chi connectivity index (χ1v) is 17.7. The van der Waals surface area contributed by atoms with Crippen molar-refractivity contribution >= 4 is 23.3 Å². The zero-order valence-electron chi connectivity index (χ0n) is 27.2. The van der Waals surface area contributed by atoms with E-state index in [1.54, 1.807) is 0 Å². The first-order valence-electron chi connectivity index (χ1n) is 17.7. The Morgan fingerprint density at radius 3 is 1.25 bits per heavy atom. The third kappa shape index (κ3) is 5.45. The second-order valence-corrected chi connectivity index (χ2v) is 14.8. The molecule has 7 aliphatic rings. The van der Waals surface area contributed by atoms with Crippen molar-refractivity contribution in [1.82, 2.24) is 0 Å². The number of allylic oxidation sites excluding steroid dienone is 8. The molecule has 2 aromatic rings. The fourth-order valence-corrected chi connectivity index (χ4v) is 9.68. The average molecular weight is 639 g/mol. The summed E-state index contributed by atoms with van der Waals surface area (Å²) in [5, 5.41) is 0. The van der Waals surface area contributed by atoms with E-state index < -0.39 is 0 Å². The number of esters is 2. The molecule has 9 rings (SSSR count). The fourth-order valence-electron chi connectivity index (χ4n) is 9.68. The number of benzene rings is 2. The Hall–Kier alpha value is -4.58. The van der Waals surface area contributed by atoms with Gasteiger partial charge in [0, 0.05) is 37.6 Å². The van der Waals surface area contributed by atoms with Gasteiger partial charge in [-0.15, -0.1) is 0 Å². The van der Waals surface area contributed by atoms with E-state index in [0.717, 1.165) is 84.7 Å². The van der Waals surface area contributed by atoms with E-state index in [1.165, 1.54) is 24.2 Å². The van der Waals surface area contributed by atoms with Gasteiger partial charge in [0.2, 0.25) is 0 Å². The molecule has 4 fully saturated rings. The Labute approximate surface area is 282 Å². The summed E-state index contributed by atoms with van der Waals surface area (Å²) in [4.78, 5) is 30.7. The van der Waals surface area contributed by atoms with Gasteiger partial charge in [-0.25, -0.2) is 9.59 Å². The van der Waals surface area contributed by atoms with Crippen LogP contribution in [-0.2, 0) is 9.47 Å². The van der Waals surface area contributed by atoms with Gasteiger partial charge in [0.25, 0.3) is 0 Å². The first kappa shape index (κ1) is 29.6. The molecule has 8 atom stereocenters. The van der Waals surface area contributed by atoms with E-state index >= 15 is 0 Å². The van der Waals surface area contributed by atoms with E-state index in [0.29, 0.717) is 11.1 Å². The van der Waals surface area contributed by atoms with Gasteiger partial charge in [0.1, 0.15) is 13.2 Å². The lowest BCUT2D eigenvalue weighted by Gasteiger charge is -2.21. The molecule has 0 unspecified atom stereocenters. The summed E-state index contributed by atoms with van der Waals surface area (Å²) < 4.78 is 11.3. The third-order valence-electron chi connectivity index (χ3n) is 12.2. The van der Waals surface area contributed by atoms with Crippen molar-refractivity contribution in [2.24, 2.45) is 47.3 Å². The van der Waals surface area contributed by atoms with Crippen LogP contribution in [-0.4, -0.2) is 51.3 Å². The molecule has 2 saturated carbocycles. The van der Waals surface area contributed by atoms with Gasteiger partial charge >= 0.3 is 11.9 Å². The number of carbonyl (C=O) groups excluding carboxylic acids is 2. The number of ether oxygens (including phenoxy) is 2. The van der Waals surface area contributed by atoms with Crippen molar-refractivity contribution in [3.63, 3.8) is 0 Å². The van der Waals surface area contributed by atoms with Gasteiger partial charge < -0.3 is 19.3 Å². The lowest BCUT2D eigenvalue weighted by Crippen LogP contribution is -2.22. The quantitative estimate of drug-likeness (QED) is 0.225. The van der Waals surface area contributed by atoms with Crippen LogP contribution in [0, 0.1) is 47.3 Å². The minimum absolute atomic E-state index is 0.155. The van der Waals surface area contributed by atoms with Crippen molar-refractivity contribution in [3.05, 3.63) is 132 Å². The Kier molecular flexibility index (Phi) is 7.47. The molecule has 6 heteroatoms. The Bertz CT molecular complexity index is 1610.